The van der Waals surface area contributed by atoms with Crippen molar-refractivity contribution in [1.29, 1.82) is 0 Å². The minimum absolute atomic E-state index is 0.00410. The van der Waals surface area contributed by atoms with E-state index in [4.69, 9.17) is 0 Å². The Morgan fingerprint density at radius 2 is 2.17 bits per heavy atom. The van der Waals surface area contributed by atoms with E-state index in [0.29, 0.717) is 37.0 Å². The van der Waals surface area contributed by atoms with Gasteiger partial charge in [0.1, 0.15) is 10.7 Å². The van der Waals surface area contributed by atoms with Gasteiger partial charge in [0.2, 0.25) is 0 Å². The molecule has 0 aliphatic carbocycles. The van der Waals surface area contributed by atoms with E-state index in [1.807, 2.05) is 12.3 Å². The van der Waals surface area contributed by atoms with Gasteiger partial charge in [-0.1, -0.05) is 0 Å². The number of pyridine rings is 1. The molecule has 3 aromatic heterocycles. The van der Waals surface area contributed by atoms with Crippen molar-refractivity contribution in [3.8, 4) is 0 Å². The van der Waals surface area contributed by atoms with Gasteiger partial charge in [0.25, 0.3) is 11.5 Å². The molecule has 1 amide bonds. The van der Waals surface area contributed by atoms with Crippen LogP contribution < -0.4 is 5.56 Å². The number of nitrogens with zero attached hydrogens (tertiary/aromatic N) is 4. The number of aromatic nitrogens is 3. The molecule has 4 rings (SSSR count). The highest BCUT2D eigenvalue weighted by Gasteiger charge is 2.22. The number of hydrogen-bond donors (Lipinski definition) is 0. The summed E-state index contributed by atoms with van der Waals surface area (Å²) in [5.74, 6) is 0.706. The second kappa shape index (κ2) is 5.83. The van der Waals surface area contributed by atoms with Gasteiger partial charge in [-0.05, 0) is 30.0 Å². The molecule has 0 saturated carbocycles. The van der Waals surface area contributed by atoms with Crippen LogP contribution in [-0.2, 0) is 13.0 Å². The molecule has 0 fully saturated rings. The molecule has 0 bridgehead atoms. The Kier molecular flexibility index (Phi) is 3.65. The fraction of sp³-hybridized carbons (Fsp3) is 0.294. The molecule has 0 aromatic carbocycles. The van der Waals surface area contributed by atoms with Crippen LogP contribution in [0.1, 0.15) is 21.7 Å². The molecule has 1 aliphatic heterocycles. The molecule has 0 saturated heterocycles. The molecule has 0 N–H and O–H groups in total. The molecular formula is C17H16N4O2S. The number of hydrogen-bond acceptors (Lipinski definition) is 5. The highest BCUT2D eigenvalue weighted by Crippen LogP contribution is 2.21. The zero-order valence-corrected chi connectivity index (χ0v) is 14.0. The van der Waals surface area contributed by atoms with Crippen LogP contribution in [0.3, 0.4) is 0 Å². The zero-order chi connectivity index (χ0) is 16.7. The largest absolute Gasteiger partial charge is 0.336 e. The van der Waals surface area contributed by atoms with Crippen molar-refractivity contribution in [2.45, 2.75) is 19.9 Å². The Morgan fingerprint density at radius 3 is 2.96 bits per heavy atom. The summed E-state index contributed by atoms with van der Waals surface area (Å²) in [5, 5.41) is 2.67. The predicted molar refractivity (Wildman–Crippen MR) is 92.5 cm³/mol. The number of amides is 1. The van der Waals surface area contributed by atoms with E-state index in [0.717, 1.165) is 16.2 Å². The molecule has 3 aromatic rings. The Labute approximate surface area is 142 Å². The SMILES string of the molecule is Cc1csc2nc3n(c(=O)c12)CCN(C(=O)c1cccnc1)CC3. The monoisotopic (exact) mass is 340 g/mol. The average molecular weight is 340 g/mol. The first kappa shape index (κ1) is 15.0. The minimum atomic E-state index is -0.0538. The molecule has 0 spiro atoms. The van der Waals surface area contributed by atoms with Crippen LogP contribution in [0.5, 0.6) is 0 Å². The van der Waals surface area contributed by atoms with Gasteiger partial charge in [-0.3, -0.25) is 19.1 Å². The van der Waals surface area contributed by atoms with Crippen LogP contribution >= 0.6 is 11.3 Å². The van der Waals surface area contributed by atoms with E-state index in [9.17, 15) is 9.59 Å². The van der Waals surface area contributed by atoms with Crippen LogP contribution in [0.2, 0.25) is 0 Å². The summed E-state index contributed by atoms with van der Waals surface area (Å²) in [5.41, 5.74) is 1.54. The molecule has 0 unspecified atom stereocenters. The zero-order valence-electron chi connectivity index (χ0n) is 13.2. The van der Waals surface area contributed by atoms with Crippen molar-refractivity contribution in [3.63, 3.8) is 0 Å². The summed E-state index contributed by atoms with van der Waals surface area (Å²) in [4.78, 5) is 36.6. The van der Waals surface area contributed by atoms with Gasteiger partial charge >= 0.3 is 0 Å². The van der Waals surface area contributed by atoms with Crippen LogP contribution in [-0.4, -0.2) is 38.4 Å². The second-order valence-corrected chi connectivity index (χ2v) is 6.73. The van der Waals surface area contributed by atoms with Crippen molar-refractivity contribution in [2.75, 3.05) is 13.1 Å². The Morgan fingerprint density at radius 1 is 1.29 bits per heavy atom. The van der Waals surface area contributed by atoms with Gasteiger partial charge in [-0.25, -0.2) is 4.98 Å². The Hall–Kier alpha value is -2.54. The summed E-state index contributed by atoms with van der Waals surface area (Å²) in [6, 6.07) is 3.51. The molecular weight excluding hydrogens is 324 g/mol. The molecule has 122 valence electrons. The fourth-order valence-electron chi connectivity index (χ4n) is 3.07. The molecule has 4 heterocycles. The lowest BCUT2D eigenvalue weighted by Gasteiger charge is -2.19. The highest BCUT2D eigenvalue weighted by molar-refractivity contribution is 7.16. The normalized spacial score (nSPS) is 14.5. The first-order valence-corrected chi connectivity index (χ1v) is 8.70. The van der Waals surface area contributed by atoms with E-state index in [2.05, 4.69) is 9.97 Å². The van der Waals surface area contributed by atoms with Crippen LogP contribution in [0, 0.1) is 6.92 Å². The summed E-state index contributed by atoms with van der Waals surface area (Å²) in [6.07, 6.45) is 3.80. The van der Waals surface area contributed by atoms with Crippen LogP contribution in [0.25, 0.3) is 10.2 Å². The third kappa shape index (κ3) is 2.41. The maximum atomic E-state index is 12.8. The summed E-state index contributed by atoms with van der Waals surface area (Å²) in [7, 11) is 0. The standard InChI is InChI=1S/C17H16N4O2S/c1-11-10-24-15-14(11)17(23)21-8-7-20(6-4-13(21)19-15)16(22)12-3-2-5-18-9-12/h2-3,5,9-10H,4,6-8H2,1H3. The molecule has 24 heavy (non-hydrogen) atoms. The smallest absolute Gasteiger partial charge is 0.262 e. The number of aryl methyl sites for hydroxylation is 1. The molecule has 7 heteroatoms. The van der Waals surface area contributed by atoms with Crippen LogP contribution in [0.15, 0.2) is 34.7 Å². The minimum Gasteiger partial charge on any atom is -0.336 e. The first-order valence-electron chi connectivity index (χ1n) is 7.82. The predicted octanol–water partition coefficient (Wildman–Crippen LogP) is 1.86. The first-order chi connectivity index (χ1) is 11.6. The van der Waals surface area contributed by atoms with Crippen LogP contribution in [0.4, 0.5) is 0 Å². The topological polar surface area (TPSA) is 68.1 Å². The summed E-state index contributed by atoms with van der Waals surface area (Å²) >= 11 is 1.50. The van der Waals surface area contributed by atoms with Gasteiger partial charge < -0.3 is 4.90 Å². The molecule has 0 radical (unpaired) electrons. The van der Waals surface area contributed by atoms with Gasteiger partial charge in [0, 0.05) is 38.4 Å². The van der Waals surface area contributed by atoms with Crippen molar-refractivity contribution in [1.82, 2.24) is 19.4 Å². The third-order valence-electron chi connectivity index (χ3n) is 4.35. The van der Waals surface area contributed by atoms with Gasteiger partial charge in [0.05, 0.1) is 10.9 Å². The average Bonchev–Trinajstić information content (AvgIpc) is 2.84. The fourth-order valence-corrected chi connectivity index (χ4v) is 4.00. The third-order valence-corrected chi connectivity index (χ3v) is 5.34. The summed E-state index contributed by atoms with van der Waals surface area (Å²) < 4.78 is 1.72. The molecule has 6 nitrogen and oxygen atoms in total. The Bertz CT molecular complexity index is 977. The maximum absolute atomic E-state index is 12.8. The number of carbonyl (C=O) groups excluding carboxylic acids is 1. The van der Waals surface area contributed by atoms with E-state index in [1.54, 1.807) is 34.0 Å². The Balaban J connectivity index is 1.67. The lowest BCUT2D eigenvalue weighted by molar-refractivity contribution is 0.0758. The lowest BCUT2D eigenvalue weighted by atomic mass is 10.2. The van der Waals surface area contributed by atoms with E-state index < -0.39 is 0 Å². The lowest BCUT2D eigenvalue weighted by Crippen LogP contribution is -2.34. The molecule has 1 aliphatic rings. The van der Waals surface area contributed by atoms with E-state index >= 15 is 0 Å². The summed E-state index contributed by atoms with van der Waals surface area (Å²) in [6.45, 7) is 3.45. The van der Waals surface area contributed by atoms with E-state index in [1.165, 1.54) is 11.3 Å². The van der Waals surface area contributed by atoms with Gasteiger partial charge in [0.15, 0.2) is 0 Å². The quantitative estimate of drug-likeness (QED) is 0.678. The number of carbonyl (C=O) groups is 1. The number of rotatable bonds is 1. The maximum Gasteiger partial charge on any atom is 0.262 e. The van der Waals surface area contributed by atoms with E-state index in [-0.39, 0.29) is 11.5 Å². The van der Waals surface area contributed by atoms with Crippen molar-refractivity contribution < 1.29 is 4.79 Å². The van der Waals surface area contributed by atoms with Crippen molar-refractivity contribution in [2.24, 2.45) is 0 Å². The number of fused-ring (bicyclic) bond motifs is 2. The van der Waals surface area contributed by atoms with Gasteiger partial charge in [-0.15, -0.1) is 11.3 Å². The highest BCUT2D eigenvalue weighted by atomic mass is 32.1. The number of thiophene rings is 1. The second-order valence-electron chi connectivity index (χ2n) is 5.87. The van der Waals surface area contributed by atoms with Crippen molar-refractivity contribution >= 4 is 27.5 Å². The van der Waals surface area contributed by atoms with Gasteiger partial charge in [-0.2, -0.15) is 0 Å². The van der Waals surface area contributed by atoms with Crippen molar-refractivity contribution in [3.05, 3.63) is 57.2 Å². The molecule has 0 atom stereocenters.